The zero-order chi connectivity index (χ0) is 15.0. The lowest BCUT2D eigenvalue weighted by molar-refractivity contribution is -0.144. The van der Waals surface area contributed by atoms with E-state index in [1.807, 2.05) is 12.1 Å². The third kappa shape index (κ3) is 2.37. The van der Waals surface area contributed by atoms with Gasteiger partial charge in [-0.3, -0.25) is 0 Å². The number of hydrogen-bond donors (Lipinski definition) is 1. The Morgan fingerprint density at radius 1 is 0.909 bits per heavy atom. The van der Waals surface area contributed by atoms with Gasteiger partial charge in [-0.25, -0.2) is 0 Å². The summed E-state index contributed by atoms with van der Waals surface area (Å²) in [5.74, 6) is 0.530. The molecular formula is C20H22O2. The molecule has 2 fully saturated rings. The molecule has 4 rings (SSSR count). The van der Waals surface area contributed by atoms with Crippen LogP contribution in [0, 0.1) is 11.3 Å². The Hall–Kier alpha value is -1.64. The molecule has 1 aliphatic carbocycles. The maximum absolute atomic E-state index is 10.9. The fraction of sp³-hybridized carbons (Fsp3) is 0.400. The normalized spacial score (nSPS) is 28.9. The smallest absolute Gasteiger partial charge is 0.0890 e. The highest BCUT2D eigenvalue weighted by Crippen LogP contribution is 2.51. The molecule has 1 unspecified atom stereocenters. The van der Waals surface area contributed by atoms with Crippen LogP contribution in [-0.2, 0) is 17.6 Å². The van der Waals surface area contributed by atoms with Crippen LogP contribution in [0.2, 0.25) is 0 Å². The monoisotopic (exact) mass is 294 g/mol. The lowest BCUT2D eigenvalue weighted by Crippen LogP contribution is -2.45. The van der Waals surface area contributed by atoms with E-state index in [0.717, 1.165) is 25.9 Å². The first kappa shape index (κ1) is 14.0. The predicted octanol–water partition coefficient (Wildman–Crippen LogP) is 3.24. The van der Waals surface area contributed by atoms with Crippen molar-refractivity contribution in [2.45, 2.75) is 31.5 Å². The van der Waals surface area contributed by atoms with Crippen molar-refractivity contribution in [3.8, 4) is 0 Å². The van der Waals surface area contributed by atoms with Crippen LogP contribution in [0.15, 0.2) is 60.7 Å². The highest BCUT2D eigenvalue weighted by Gasteiger charge is 2.57. The molecule has 2 nitrogen and oxygen atoms in total. The van der Waals surface area contributed by atoms with Crippen molar-refractivity contribution in [1.29, 1.82) is 0 Å². The van der Waals surface area contributed by atoms with Crippen LogP contribution in [0.3, 0.4) is 0 Å². The Morgan fingerprint density at radius 3 is 1.82 bits per heavy atom. The van der Waals surface area contributed by atoms with E-state index in [1.165, 1.54) is 11.1 Å². The molecule has 0 radical (unpaired) electrons. The van der Waals surface area contributed by atoms with Crippen LogP contribution in [0.25, 0.3) is 0 Å². The molecule has 0 bridgehead atoms. The quantitative estimate of drug-likeness (QED) is 0.938. The number of hydrogen-bond acceptors (Lipinski definition) is 2. The van der Waals surface area contributed by atoms with Gasteiger partial charge in [-0.2, -0.15) is 0 Å². The van der Waals surface area contributed by atoms with Crippen LogP contribution < -0.4 is 0 Å². The number of rotatable bonds is 4. The first-order valence-corrected chi connectivity index (χ1v) is 8.14. The zero-order valence-corrected chi connectivity index (χ0v) is 12.7. The van der Waals surface area contributed by atoms with E-state index < -0.39 is 0 Å². The Balaban J connectivity index is 1.65. The number of fused-ring (bicyclic) bond motifs is 1. The molecule has 2 aliphatic rings. The van der Waals surface area contributed by atoms with Crippen molar-refractivity contribution >= 4 is 0 Å². The molecule has 2 heteroatoms. The van der Waals surface area contributed by atoms with Gasteiger partial charge in [0.2, 0.25) is 0 Å². The van der Waals surface area contributed by atoms with Gasteiger partial charge in [0.1, 0.15) is 0 Å². The van der Waals surface area contributed by atoms with Gasteiger partial charge < -0.3 is 9.84 Å². The van der Waals surface area contributed by atoms with Crippen molar-refractivity contribution in [3.05, 3.63) is 71.8 Å². The summed E-state index contributed by atoms with van der Waals surface area (Å²) < 4.78 is 5.65. The summed E-state index contributed by atoms with van der Waals surface area (Å²) in [5.41, 5.74) is 2.51. The SMILES string of the molecule is O[C@@H]1C2OC[C@@H]2CC1(Cc1ccccc1)Cc1ccccc1. The van der Waals surface area contributed by atoms with Gasteiger partial charge in [0.15, 0.2) is 0 Å². The van der Waals surface area contributed by atoms with Gasteiger partial charge in [-0.15, -0.1) is 0 Å². The largest absolute Gasteiger partial charge is 0.390 e. The van der Waals surface area contributed by atoms with E-state index in [1.54, 1.807) is 0 Å². The molecule has 1 heterocycles. The number of aliphatic hydroxyl groups is 1. The van der Waals surface area contributed by atoms with Crippen molar-refractivity contribution in [3.63, 3.8) is 0 Å². The van der Waals surface area contributed by atoms with Crippen molar-refractivity contribution in [1.82, 2.24) is 0 Å². The number of ether oxygens (including phenoxy) is 1. The van der Waals surface area contributed by atoms with Gasteiger partial charge in [0.05, 0.1) is 18.8 Å². The Labute approximate surface area is 131 Å². The van der Waals surface area contributed by atoms with E-state index in [0.29, 0.717) is 5.92 Å². The molecule has 0 spiro atoms. The van der Waals surface area contributed by atoms with Crippen molar-refractivity contribution in [2.75, 3.05) is 6.61 Å². The van der Waals surface area contributed by atoms with E-state index in [-0.39, 0.29) is 17.6 Å². The predicted molar refractivity (Wildman–Crippen MR) is 86.6 cm³/mol. The van der Waals surface area contributed by atoms with Gasteiger partial charge in [-0.05, 0) is 30.4 Å². The zero-order valence-electron chi connectivity index (χ0n) is 12.7. The van der Waals surface area contributed by atoms with E-state index in [9.17, 15) is 5.11 Å². The lowest BCUT2D eigenvalue weighted by Gasteiger charge is -2.35. The van der Waals surface area contributed by atoms with Crippen LogP contribution in [-0.4, -0.2) is 23.9 Å². The molecule has 0 aromatic heterocycles. The maximum atomic E-state index is 10.9. The minimum Gasteiger partial charge on any atom is -0.390 e. The van der Waals surface area contributed by atoms with Gasteiger partial charge in [-0.1, -0.05) is 60.7 Å². The van der Waals surface area contributed by atoms with Crippen molar-refractivity contribution in [2.24, 2.45) is 11.3 Å². The molecule has 2 aromatic carbocycles. The van der Waals surface area contributed by atoms with Crippen LogP contribution in [0.4, 0.5) is 0 Å². The minimum atomic E-state index is -0.369. The van der Waals surface area contributed by atoms with Crippen molar-refractivity contribution < 1.29 is 9.84 Å². The maximum Gasteiger partial charge on any atom is 0.0890 e. The van der Waals surface area contributed by atoms with E-state index in [4.69, 9.17) is 4.74 Å². The second-order valence-corrected chi connectivity index (χ2v) is 6.89. The second-order valence-electron chi connectivity index (χ2n) is 6.89. The Bertz CT molecular complexity index is 581. The first-order valence-electron chi connectivity index (χ1n) is 8.14. The summed E-state index contributed by atoms with van der Waals surface area (Å²) in [6.45, 7) is 0.813. The second kappa shape index (κ2) is 5.53. The summed E-state index contributed by atoms with van der Waals surface area (Å²) in [6.07, 6.45) is 2.57. The third-order valence-electron chi connectivity index (χ3n) is 5.37. The molecule has 2 aromatic rings. The van der Waals surface area contributed by atoms with Gasteiger partial charge in [0, 0.05) is 11.3 Å². The summed E-state index contributed by atoms with van der Waals surface area (Å²) in [7, 11) is 0. The molecule has 1 N–H and O–H groups in total. The minimum absolute atomic E-state index is 0.0485. The van der Waals surface area contributed by atoms with Crippen LogP contribution in [0.1, 0.15) is 17.5 Å². The summed E-state index contributed by atoms with van der Waals surface area (Å²) in [6, 6.07) is 21.1. The summed E-state index contributed by atoms with van der Waals surface area (Å²) in [5, 5.41) is 10.9. The molecule has 1 saturated heterocycles. The Kier molecular flexibility index (Phi) is 3.51. The average molecular weight is 294 g/mol. The van der Waals surface area contributed by atoms with Crippen LogP contribution >= 0.6 is 0 Å². The molecule has 1 saturated carbocycles. The summed E-state index contributed by atoms with van der Waals surface area (Å²) >= 11 is 0. The van der Waals surface area contributed by atoms with E-state index in [2.05, 4.69) is 48.5 Å². The molecular weight excluding hydrogens is 272 g/mol. The van der Waals surface area contributed by atoms with Crippen LogP contribution in [0.5, 0.6) is 0 Å². The topological polar surface area (TPSA) is 29.5 Å². The number of aliphatic hydroxyl groups excluding tert-OH is 1. The average Bonchev–Trinajstić information content (AvgIpc) is 2.69. The van der Waals surface area contributed by atoms with Gasteiger partial charge in [0.25, 0.3) is 0 Å². The lowest BCUT2D eigenvalue weighted by atomic mass is 9.73. The highest BCUT2D eigenvalue weighted by molar-refractivity contribution is 5.24. The standard InChI is InChI=1S/C20H22O2/c21-19-18-17(14-22-18)13-20(19,11-15-7-3-1-4-8-15)12-16-9-5-2-6-10-16/h1-10,17-19,21H,11-14H2/t17-,18?,19+/m0/s1. The first-order chi connectivity index (χ1) is 10.8. The summed E-state index contributed by atoms with van der Waals surface area (Å²) in [4.78, 5) is 0. The molecule has 3 atom stereocenters. The highest BCUT2D eigenvalue weighted by atomic mass is 16.5. The molecule has 22 heavy (non-hydrogen) atoms. The molecule has 114 valence electrons. The van der Waals surface area contributed by atoms with Gasteiger partial charge >= 0.3 is 0 Å². The van der Waals surface area contributed by atoms with E-state index >= 15 is 0 Å². The fourth-order valence-corrected chi connectivity index (χ4v) is 4.28. The number of benzene rings is 2. The molecule has 0 amide bonds. The third-order valence-corrected chi connectivity index (χ3v) is 5.37. The molecule has 1 aliphatic heterocycles. The fourth-order valence-electron chi connectivity index (χ4n) is 4.28. The Morgan fingerprint density at radius 2 is 1.45 bits per heavy atom.